The molecular weight excluding hydrogens is 418 g/mol. The summed E-state index contributed by atoms with van der Waals surface area (Å²) in [6.45, 7) is 6.86. The molecule has 7 heteroatoms. The number of nitrogens with one attached hydrogen (secondary N) is 3. The van der Waals surface area contributed by atoms with Crippen LogP contribution < -0.4 is 10.6 Å². The molecule has 0 aliphatic rings. The maximum absolute atomic E-state index is 13.2. The first kappa shape index (κ1) is 24.0. The normalized spacial score (nSPS) is 14.2. The van der Waals surface area contributed by atoms with Crippen molar-refractivity contribution in [1.82, 2.24) is 15.6 Å². The summed E-state index contributed by atoms with van der Waals surface area (Å²) >= 11 is 0. The number of para-hydroxylation sites is 1. The summed E-state index contributed by atoms with van der Waals surface area (Å²) < 4.78 is 5.33. The highest BCUT2D eigenvalue weighted by molar-refractivity contribution is 5.90. The zero-order valence-corrected chi connectivity index (χ0v) is 19.4. The van der Waals surface area contributed by atoms with E-state index in [0.29, 0.717) is 0 Å². The van der Waals surface area contributed by atoms with Crippen LogP contribution in [-0.2, 0) is 27.2 Å². The highest BCUT2D eigenvalue weighted by Gasteiger charge is 2.33. The van der Waals surface area contributed by atoms with E-state index in [2.05, 4.69) is 15.6 Å². The Morgan fingerprint density at radius 2 is 1.70 bits per heavy atom. The minimum absolute atomic E-state index is 0.244. The Labute approximate surface area is 193 Å². The molecule has 1 unspecified atom stereocenters. The van der Waals surface area contributed by atoms with E-state index in [-0.39, 0.29) is 12.8 Å². The molecular formula is C26H30N3O4. The van der Waals surface area contributed by atoms with Crippen molar-refractivity contribution in [3.63, 3.8) is 0 Å². The van der Waals surface area contributed by atoms with Crippen molar-refractivity contribution in [2.75, 3.05) is 0 Å². The molecule has 0 fully saturated rings. The topological polar surface area (TPSA) is 100 Å². The molecule has 3 aromatic rings. The molecule has 1 aromatic heterocycles. The third-order valence-corrected chi connectivity index (χ3v) is 5.13. The lowest BCUT2D eigenvalue weighted by Gasteiger charge is -2.28. The Balaban J connectivity index is 1.79. The van der Waals surface area contributed by atoms with Crippen molar-refractivity contribution < 1.29 is 19.1 Å². The van der Waals surface area contributed by atoms with Gasteiger partial charge in [-0.2, -0.15) is 0 Å². The third-order valence-electron chi connectivity index (χ3n) is 5.13. The average Bonchev–Trinajstić information content (AvgIpc) is 3.15. The number of H-pyrrole nitrogens is 1. The van der Waals surface area contributed by atoms with Crippen LogP contribution in [0.4, 0.5) is 4.79 Å². The number of fused-ring (bicyclic) bond motifs is 1. The van der Waals surface area contributed by atoms with Gasteiger partial charge in [0.05, 0.1) is 0 Å². The molecule has 33 heavy (non-hydrogen) atoms. The standard InChI is InChI=1S/C26H30N3O4/c1-25(2,3)33-24(32)28-22(14-18-10-6-5-7-11-18)23(31)29-26(4,17-30)15-19-16-27-21-13-9-8-12-20(19)21/h5-13,16,22,27H,14-15H2,1-4H3,(H,28,32)(H,29,31)/t22-,26?/m0/s1. The number of hydrogen-bond acceptors (Lipinski definition) is 4. The molecule has 2 atom stereocenters. The Kier molecular flexibility index (Phi) is 7.21. The highest BCUT2D eigenvalue weighted by Crippen LogP contribution is 2.22. The Bertz CT molecular complexity index is 1120. The van der Waals surface area contributed by atoms with Gasteiger partial charge in [-0.25, -0.2) is 4.79 Å². The van der Waals surface area contributed by atoms with Gasteiger partial charge in [0.1, 0.15) is 17.2 Å². The van der Waals surface area contributed by atoms with E-state index in [1.165, 1.54) is 0 Å². The SMILES string of the molecule is CC([C]=O)(Cc1c[nH]c2ccccc12)NC(=O)[C@H](Cc1ccccc1)NC(=O)OC(C)(C)C. The molecule has 0 saturated heterocycles. The summed E-state index contributed by atoms with van der Waals surface area (Å²) in [4.78, 5) is 40.8. The monoisotopic (exact) mass is 448 g/mol. The second kappa shape index (κ2) is 9.90. The Morgan fingerprint density at radius 3 is 2.36 bits per heavy atom. The van der Waals surface area contributed by atoms with Gasteiger partial charge in [0, 0.05) is 29.9 Å². The number of aromatic amines is 1. The number of benzene rings is 2. The number of aromatic nitrogens is 1. The van der Waals surface area contributed by atoms with Crippen molar-refractivity contribution in [2.24, 2.45) is 0 Å². The smallest absolute Gasteiger partial charge is 0.408 e. The van der Waals surface area contributed by atoms with E-state index in [0.717, 1.165) is 22.0 Å². The van der Waals surface area contributed by atoms with Crippen molar-refractivity contribution in [2.45, 2.75) is 57.7 Å². The Morgan fingerprint density at radius 1 is 1.03 bits per heavy atom. The maximum atomic E-state index is 13.2. The predicted molar refractivity (Wildman–Crippen MR) is 128 cm³/mol. The first-order valence-electron chi connectivity index (χ1n) is 10.9. The minimum atomic E-state index is -1.29. The van der Waals surface area contributed by atoms with Crippen LogP contribution in [-0.4, -0.2) is 40.5 Å². The van der Waals surface area contributed by atoms with Gasteiger partial charge in [-0.3, -0.25) is 9.59 Å². The average molecular weight is 449 g/mol. The van der Waals surface area contributed by atoms with Gasteiger partial charge in [-0.1, -0.05) is 48.5 Å². The zero-order chi connectivity index (χ0) is 24.1. The molecule has 7 nitrogen and oxygen atoms in total. The van der Waals surface area contributed by atoms with Crippen LogP contribution >= 0.6 is 0 Å². The second-order valence-corrected chi connectivity index (χ2v) is 9.35. The summed E-state index contributed by atoms with van der Waals surface area (Å²) in [7, 11) is 0. The maximum Gasteiger partial charge on any atom is 0.408 e. The van der Waals surface area contributed by atoms with E-state index in [9.17, 15) is 14.4 Å². The van der Waals surface area contributed by atoms with E-state index < -0.39 is 29.2 Å². The molecule has 1 heterocycles. The number of amides is 2. The van der Waals surface area contributed by atoms with Gasteiger partial charge in [-0.05, 0) is 44.9 Å². The molecule has 0 spiro atoms. The lowest BCUT2D eigenvalue weighted by atomic mass is 9.93. The largest absolute Gasteiger partial charge is 0.444 e. The van der Waals surface area contributed by atoms with Gasteiger partial charge >= 0.3 is 6.09 Å². The molecule has 0 bridgehead atoms. The summed E-state index contributed by atoms with van der Waals surface area (Å²) in [6.07, 6.45) is 3.60. The third kappa shape index (κ3) is 6.68. The molecule has 0 aliphatic carbocycles. The molecule has 3 N–H and O–H groups in total. The van der Waals surface area contributed by atoms with Crippen molar-refractivity contribution in [3.8, 4) is 0 Å². The molecule has 2 amide bonds. The lowest BCUT2D eigenvalue weighted by molar-refractivity contribution is -0.124. The lowest BCUT2D eigenvalue weighted by Crippen LogP contribution is -2.57. The predicted octanol–water partition coefficient (Wildman–Crippen LogP) is 3.83. The van der Waals surface area contributed by atoms with E-state index in [1.807, 2.05) is 67.1 Å². The summed E-state index contributed by atoms with van der Waals surface area (Å²) in [5, 5.41) is 6.41. The zero-order valence-electron chi connectivity index (χ0n) is 19.4. The second-order valence-electron chi connectivity index (χ2n) is 9.35. The number of ether oxygens (including phenoxy) is 1. The van der Waals surface area contributed by atoms with Gasteiger partial charge < -0.3 is 20.4 Å². The molecule has 0 saturated carbocycles. The number of alkyl carbamates (subject to hydrolysis) is 1. The van der Waals surface area contributed by atoms with E-state index in [1.54, 1.807) is 27.7 Å². The van der Waals surface area contributed by atoms with E-state index >= 15 is 0 Å². The fraction of sp³-hybridized carbons (Fsp3) is 0.346. The van der Waals surface area contributed by atoms with Crippen molar-refractivity contribution in [1.29, 1.82) is 0 Å². The molecule has 173 valence electrons. The molecule has 1 radical (unpaired) electrons. The first-order valence-corrected chi connectivity index (χ1v) is 10.9. The first-order chi connectivity index (χ1) is 15.6. The summed E-state index contributed by atoms with van der Waals surface area (Å²) in [6, 6.07) is 16.1. The minimum Gasteiger partial charge on any atom is -0.444 e. The molecule has 3 rings (SSSR count). The van der Waals surface area contributed by atoms with E-state index in [4.69, 9.17) is 4.74 Å². The molecule has 0 aliphatic heterocycles. The fourth-order valence-corrected chi connectivity index (χ4v) is 3.63. The fourth-order valence-electron chi connectivity index (χ4n) is 3.63. The summed E-state index contributed by atoms with van der Waals surface area (Å²) in [5.41, 5.74) is 0.699. The number of rotatable bonds is 8. The number of carbonyl (C=O) groups is 2. The highest BCUT2D eigenvalue weighted by atomic mass is 16.6. The van der Waals surface area contributed by atoms with Crippen LogP contribution in [0.1, 0.15) is 38.8 Å². The van der Waals surface area contributed by atoms with Crippen LogP contribution in [0.3, 0.4) is 0 Å². The van der Waals surface area contributed by atoms with Crippen molar-refractivity contribution >= 4 is 29.2 Å². The van der Waals surface area contributed by atoms with Crippen molar-refractivity contribution in [3.05, 3.63) is 71.9 Å². The van der Waals surface area contributed by atoms with Gasteiger partial charge in [-0.15, -0.1) is 0 Å². The molecule has 2 aromatic carbocycles. The van der Waals surface area contributed by atoms with Crippen LogP contribution in [0, 0.1) is 0 Å². The van der Waals surface area contributed by atoms with Gasteiger partial charge in [0.2, 0.25) is 12.2 Å². The van der Waals surface area contributed by atoms with Crippen LogP contribution in [0.2, 0.25) is 0 Å². The Hall–Kier alpha value is -3.61. The van der Waals surface area contributed by atoms with Gasteiger partial charge in [0.15, 0.2) is 0 Å². The van der Waals surface area contributed by atoms with Crippen LogP contribution in [0.15, 0.2) is 60.8 Å². The summed E-state index contributed by atoms with van der Waals surface area (Å²) in [5.74, 6) is -0.490. The quantitative estimate of drug-likeness (QED) is 0.488. The number of carbonyl (C=O) groups excluding carboxylic acids is 3. The number of hydrogen-bond donors (Lipinski definition) is 3. The van der Waals surface area contributed by atoms with Crippen LogP contribution in [0.5, 0.6) is 0 Å². The van der Waals surface area contributed by atoms with Gasteiger partial charge in [0.25, 0.3) is 0 Å². The van der Waals surface area contributed by atoms with Crippen LogP contribution in [0.25, 0.3) is 10.9 Å².